The molecule has 0 unspecified atom stereocenters. The molecule has 1 aliphatic carbocycles. The second-order valence-corrected chi connectivity index (χ2v) is 8.88. The maximum Gasteiger partial charge on any atom is 0.0434 e. The zero-order valence-corrected chi connectivity index (χ0v) is 15.2. The number of fused-ring (bicyclic) bond motifs is 4. The predicted molar refractivity (Wildman–Crippen MR) is 102 cm³/mol. The summed E-state index contributed by atoms with van der Waals surface area (Å²) < 4.78 is 0. The van der Waals surface area contributed by atoms with E-state index in [-0.39, 0.29) is 5.41 Å². The fourth-order valence-corrected chi connectivity index (χ4v) is 5.03. The topological polar surface area (TPSA) is 3.24 Å². The summed E-state index contributed by atoms with van der Waals surface area (Å²) in [6, 6.07) is 9.76. The Bertz CT molecular complexity index is 836. The Labute approximate surface area is 145 Å². The Morgan fingerprint density at radius 2 is 1.62 bits per heavy atom. The Morgan fingerprint density at radius 3 is 2.42 bits per heavy atom. The van der Waals surface area contributed by atoms with Crippen LogP contribution in [-0.2, 0) is 24.7 Å². The molecule has 5 rings (SSSR count). The van der Waals surface area contributed by atoms with Gasteiger partial charge in [-0.05, 0) is 82.5 Å². The van der Waals surface area contributed by atoms with Crippen molar-refractivity contribution < 1.29 is 0 Å². The third-order valence-corrected chi connectivity index (χ3v) is 6.27. The van der Waals surface area contributed by atoms with Gasteiger partial charge in [-0.2, -0.15) is 0 Å². The van der Waals surface area contributed by atoms with Crippen LogP contribution in [0.25, 0.3) is 11.1 Å². The molecule has 2 aliphatic heterocycles. The minimum absolute atomic E-state index is 0.230. The quantitative estimate of drug-likeness (QED) is 0.547. The summed E-state index contributed by atoms with van der Waals surface area (Å²) in [4.78, 5) is 2.67. The smallest absolute Gasteiger partial charge is 0.0434 e. The summed E-state index contributed by atoms with van der Waals surface area (Å²) >= 11 is 0. The maximum atomic E-state index is 2.67. The van der Waals surface area contributed by atoms with Crippen molar-refractivity contribution in [2.45, 2.75) is 58.3 Å². The molecule has 124 valence electrons. The molecule has 0 radical (unpaired) electrons. The fraction of sp³-hybridized carbons (Fsp3) is 0.478. The second-order valence-electron chi connectivity index (χ2n) is 8.88. The van der Waals surface area contributed by atoms with Crippen molar-refractivity contribution in [3.63, 3.8) is 0 Å². The Morgan fingerprint density at radius 1 is 0.833 bits per heavy atom. The van der Waals surface area contributed by atoms with E-state index in [4.69, 9.17) is 0 Å². The monoisotopic (exact) mass is 317 g/mol. The largest absolute Gasteiger partial charge is 0.371 e. The van der Waals surface area contributed by atoms with E-state index < -0.39 is 0 Å². The molecule has 2 heterocycles. The van der Waals surface area contributed by atoms with E-state index in [9.17, 15) is 0 Å². The first-order valence-electron chi connectivity index (χ1n) is 9.59. The van der Waals surface area contributed by atoms with Crippen molar-refractivity contribution in [1.29, 1.82) is 0 Å². The van der Waals surface area contributed by atoms with Crippen molar-refractivity contribution in [3.8, 4) is 11.1 Å². The van der Waals surface area contributed by atoms with E-state index in [2.05, 4.69) is 49.9 Å². The lowest BCUT2D eigenvalue weighted by Gasteiger charge is -2.38. The van der Waals surface area contributed by atoms with Gasteiger partial charge in [-0.1, -0.05) is 39.0 Å². The van der Waals surface area contributed by atoms with Crippen molar-refractivity contribution in [1.82, 2.24) is 0 Å². The molecule has 2 aromatic rings. The van der Waals surface area contributed by atoms with Crippen LogP contribution in [0.15, 0.2) is 24.3 Å². The van der Waals surface area contributed by atoms with Gasteiger partial charge in [0.05, 0.1) is 0 Å². The third kappa shape index (κ3) is 2.00. The van der Waals surface area contributed by atoms with Crippen LogP contribution in [0, 0.1) is 0 Å². The summed E-state index contributed by atoms with van der Waals surface area (Å²) in [5.74, 6) is 0. The van der Waals surface area contributed by atoms with Crippen LogP contribution in [0.4, 0.5) is 5.69 Å². The number of hydrogen-bond donors (Lipinski definition) is 0. The first-order valence-corrected chi connectivity index (χ1v) is 9.59. The van der Waals surface area contributed by atoms with Crippen molar-refractivity contribution in [3.05, 3.63) is 52.1 Å². The zero-order valence-electron chi connectivity index (χ0n) is 15.2. The molecule has 0 aromatic heterocycles. The van der Waals surface area contributed by atoms with Crippen LogP contribution < -0.4 is 4.90 Å². The van der Waals surface area contributed by atoms with Gasteiger partial charge in [-0.25, -0.2) is 0 Å². The molecule has 0 atom stereocenters. The molecule has 1 heteroatoms. The maximum absolute atomic E-state index is 2.67. The molecule has 24 heavy (non-hydrogen) atoms. The number of hydrogen-bond acceptors (Lipinski definition) is 1. The number of rotatable bonds is 0. The molecule has 0 amide bonds. The van der Waals surface area contributed by atoms with Crippen molar-refractivity contribution in [2.24, 2.45) is 0 Å². The van der Waals surface area contributed by atoms with Crippen LogP contribution in [0.1, 0.15) is 61.4 Å². The van der Waals surface area contributed by atoms with Gasteiger partial charge in [-0.3, -0.25) is 0 Å². The van der Waals surface area contributed by atoms with Gasteiger partial charge >= 0.3 is 0 Å². The molecular formula is C23H27N. The van der Waals surface area contributed by atoms with E-state index in [1.165, 1.54) is 49.9 Å². The van der Waals surface area contributed by atoms with E-state index in [1.807, 2.05) is 0 Å². The normalized spacial score (nSPS) is 18.2. The molecule has 2 aromatic carbocycles. The highest BCUT2D eigenvalue weighted by Gasteiger charge is 2.31. The van der Waals surface area contributed by atoms with Crippen LogP contribution in [0.5, 0.6) is 0 Å². The number of benzene rings is 2. The minimum atomic E-state index is 0.230. The fourth-order valence-electron chi connectivity index (χ4n) is 5.03. The van der Waals surface area contributed by atoms with Gasteiger partial charge in [-0.15, -0.1) is 0 Å². The lowest BCUT2D eigenvalue weighted by molar-refractivity contribution is 0.589. The highest BCUT2D eigenvalue weighted by atomic mass is 15.1. The number of nitrogens with zero attached hydrogens (tertiary/aromatic N) is 1. The predicted octanol–water partition coefficient (Wildman–Crippen LogP) is 5.25. The first-order chi connectivity index (χ1) is 11.5. The van der Waals surface area contributed by atoms with Gasteiger partial charge in [0.2, 0.25) is 0 Å². The van der Waals surface area contributed by atoms with E-state index >= 15 is 0 Å². The van der Waals surface area contributed by atoms with Crippen LogP contribution in [0.2, 0.25) is 0 Å². The SMILES string of the molecule is CC(C)(C)c1ccc2c(c1)Cc1c-2cc2c3c1CCCN3CCC2. The summed E-state index contributed by atoms with van der Waals surface area (Å²) in [6.07, 6.45) is 6.34. The van der Waals surface area contributed by atoms with Crippen molar-refractivity contribution in [2.75, 3.05) is 18.0 Å². The van der Waals surface area contributed by atoms with Gasteiger partial charge in [0.15, 0.2) is 0 Å². The van der Waals surface area contributed by atoms with Gasteiger partial charge in [0.1, 0.15) is 0 Å². The Balaban J connectivity index is 1.69. The molecule has 0 saturated carbocycles. The molecule has 0 saturated heterocycles. The average molecular weight is 317 g/mol. The van der Waals surface area contributed by atoms with Gasteiger partial charge < -0.3 is 4.90 Å². The molecule has 1 nitrogen and oxygen atoms in total. The highest BCUT2D eigenvalue weighted by molar-refractivity contribution is 5.84. The van der Waals surface area contributed by atoms with E-state index in [0.29, 0.717) is 0 Å². The number of aryl methyl sites for hydroxylation is 1. The first kappa shape index (κ1) is 14.6. The molecule has 0 N–H and O–H groups in total. The summed E-state index contributed by atoms with van der Waals surface area (Å²) in [5.41, 5.74) is 12.8. The van der Waals surface area contributed by atoms with E-state index in [0.717, 1.165) is 6.42 Å². The minimum Gasteiger partial charge on any atom is -0.371 e. The molecule has 0 spiro atoms. The average Bonchev–Trinajstić information content (AvgIpc) is 2.93. The van der Waals surface area contributed by atoms with Crippen molar-refractivity contribution >= 4 is 5.69 Å². The molecule has 3 aliphatic rings. The highest BCUT2D eigenvalue weighted by Crippen LogP contribution is 2.47. The second kappa shape index (κ2) is 4.88. The third-order valence-electron chi connectivity index (χ3n) is 6.27. The van der Waals surface area contributed by atoms with Crippen LogP contribution in [0.3, 0.4) is 0 Å². The van der Waals surface area contributed by atoms with Gasteiger partial charge in [0, 0.05) is 18.8 Å². The summed E-state index contributed by atoms with van der Waals surface area (Å²) in [5, 5.41) is 0. The standard InChI is InChI=1S/C23H27N/c1-23(2,3)17-8-9-18-16(12-17)14-21-19-7-5-11-24-10-4-6-15(22(19)24)13-20(18)21/h8-9,12-13H,4-7,10-11,14H2,1-3H3. The summed E-state index contributed by atoms with van der Waals surface area (Å²) in [7, 11) is 0. The Kier molecular flexibility index (Phi) is 2.96. The molecular weight excluding hydrogens is 290 g/mol. The lowest BCUT2D eigenvalue weighted by atomic mass is 9.85. The van der Waals surface area contributed by atoms with E-state index in [1.54, 1.807) is 33.5 Å². The molecule has 0 fully saturated rings. The van der Waals surface area contributed by atoms with Crippen LogP contribution >= 0.6 is 0 Å². The lowest BCUT2D eigenvalue weighted by Crippen LogP contribution is -2.35. The van der Waals surface area contributed by atoms with Gasteiger partial charge in [0.25, 0.3) is 0 Å². The summed E-state index contributed by atoms with van der Waals surface area (Å²) in [6.45, 7) is 9.48. The molecule has 0 bridgehead atoms. The number of anilines is 1. The Hall–Kier alpha value is -1.76. The van der Waals surface area contributed by atoms with Crippen LogP contribution in [-0.4, -0.2) is 13.1 Å². The zero-order chi connectivity index (χ0) is 16.5.